The number of benzene rings is 1. The normalized spacial score (nSPS) is 21.1. The molecule has 2 aliphatic rings. The van der Waals surface area contributed by atoms with Gasteiger partial charge in [-0.05, 0) is 50.5 Å². The molecule has 0 radical (unpaired) electrons. The van der Waals surface area contributed by atoms with Crippen LogP contribution in [0.15, 0.2) is 24.3 Å². The summed E-state index contributed by atoms with van der Waals surface area (Å²) in [4.78, 5) is 31.3. The maximum absolute atomic E-state index is 13.0. The van der Waals surface area contributed by atoms with Gasteiger partial charge in [0.05, 0.1) is 5.92 Å². The second kappa shape index (κ2) is 8.87. The molecule has 1 aromatic carbocycles. The summed E-state index contributed by atoms with van der Waals surface area (Å²) in [5, 5.41) is 0. The quantitative estimate of drug-likeness (QED) is 0.721. The molecule has 0 N–H and O–H groups in total. The fraction of sp³-hybridized carbons (Fsp3) is 0.636. The molecule has 0 aromatic heterocycles. The van der Waals surface area contributed by atoms with Gasteiger partial charge in [0.1, 0.15) is 0 Å². The molecule has 0 spiro atoms. The van der Waals surface area contributed by atoms with Gasteiger partial charge in [0.2, 0.25) is 5.91 Å². The Hall–Kier alpha value is -1.88. The minimum atomic E-state index is 0.0866. The number of hydrogen-bond acceptors (Lipinski definition) is 4. The van der Waals surface area contributed by atoms with Crippen molar-refractivity contribution in [1.29, 1.82) is 0 Å². The Bertz CT molecular complexity index is 646. The van der Waals surface area contributed by atoms with E-state index in [0.717, 1.165) is 56.9 Å². The second-order valence-corrected chi connectivity index (χ2v) is 7.87. The summed E-state index contributed by atoms with van der Waals surface area (Å²) >= 11 is 0. The summed E-state index contributed by atoms with van der Waals surface area (Å²) in [5.74, 6) is 0.503. The zero-order valence-corrected chi connectivity index (χ0v) is 17.0. The number of hydrogen-bond donors (Lipinski definition) is 0. The van der Waals surface area contributed by atoms with Crippen molar-refractivity contribution in [3.8, 4) is 0 Å². The molecule has 0 saturated carbocycles. The van der Waals surface area contributed by atoms with Crippen LogP contribution in [-0.4, -0.2) is 66.8 Å². The lowest BCUT2D eigenvalue weighted by molar-refractivity contribution is -0.137. The average Bonchev–Trinajstić information content (AvgIpc) is 3.19. The first-order chi connectivity index (χ1) is 13.0. The van der Waals surface area contributed by atoms with Crippen LogP contribution in [0.2, 0.25) is 0 Å². The molecule has 1 atom stereocenters. The molecule has 0 bridgehead atoms. The van der Waals surface area contributed by atoms with Crippen molar-refractivity contribution in [3.05, 3.63) is 29.8 Å². The minimum Gasteiger partial charge on any atom is -0.371 e. The fourth-order valence-electron chi connectivity index (χ4n) is 4.47. The molecular formula is C22H33N3O2. The minimum absolute atomic E-state index is 0.0866. The Morgan fingerprint density at radius 1 is 1.00 bits per heavy atom. The van der Waals surface area contributed by atoms with Gasteiger partial charge >= 0.3 is 0 Å². The second-order valence-electron chi connectivity index (χ2n) is 7.87. The van der Waals surface area contributed by atoms with E-state index >= 15 is 0 Å². The van der Waals surface area contributed by atoms with Crippen molar-refractivity contribution in [3.63, 3.8) is 0 Å². The molecule has 2 saturated heterocycles. The Kier molecular flexibility index (Phi) is 6.53. The van der Waals surface area contributed by atoms with Crippen molar-refractivity contribution in [1.82, 2.24) is 9.80 Å². The Morgan fingerprint density at radius 3 is 2.19 bits per heavy atom. The number of anilines is 1. The van der Waals surface area contributed by atoms with Gasteiger partial charge < -0.3 is 9.80 Å². The highest BCUT2D eigenvalue weighted by atomic mass is 16.2. The lowest BCUT2D eigenvalue weighted by Crippen LogP contribution is -2.53. The lowest BCUT2D eigenvalue weighted by Gasteiger charge is -2.39. The number of carbonyl (C=O) groups excluding carboxylic acids is 2. The molecule has 5 heteroatoms. The number of carbonyl (C=O) groups is 2. The van der Waals surface area contributed by atoms with E-state index in [0.29, 0.717) is 11.9 Å². The van der Waals surface area contributed by atoms with Gasteiger partial charge in [0.25, 0.3) is 0 Å². The van der Waals surface area contributed by atoms with Crippen LogP contribution in [0.4, 0.5) is 5.69 Å². The summed E-state index contributed by atoms with van der Waals surface area (Å²) in [6.07, 6.45) is 3.29. The van der Waals surface area contributed by atoms with Crippen LogP contribution in [0.3, 0.4) is 0 Å². The fourth-order valence-corrected chi connectivity index (χ4v) is 4.47. The van der Waals surface area contributed by atoms with E-state index in [2.05, 4.69) is 28.5 Å². The van der Waals surface area contributed by atoms with Crippen molar-refractivity contribution in [2.75, 3.05) is 44.2 Å². The average molecular weight is 372 g/mol. The number of ketones is 1. The van der Waals surface area contributed by atoms with Crippen LogP contribution >= 0.6 is 0 Å². The van der Waals surface area contributed by atoms with E-state index in [1.165, 1.54) is 12.8 Å². The van der Waals surface area contributed by atoms with Crippen LogP contribution in [0.5, 0.6) is 0 Å². The molecule has 0 unspecified atom stereocenters. The molecule has 148 valence electrons. The summed E-state index contributed by atoms with van der Waals surface area (Å²) < 4.78 is 0. The highest BCUT2D eigenvalue weighted by Gasteiger charge is 2.33. The molecule has 5 nitrogen and oxygen atoms in total. The largest absolute Gasteiger partial charge is 0.371 e. The number of nitrogens with zero attached hydrogens (tertiary/aromatic N) is 3. The van der Waals surface area contributed by atoms with Gasteiger partial charge in [-0.2, -0.15) is 0 Å². The monoisotopic (exact) mass is 371 g/mol. The van der Waals surface area contributed by atoms with Crippen LogP contribution in [0, 0.1) is 5.92 Å². The van der Waals surface area contributed by atoms with Crippen molar-refractivity contribution < 1.29 is 9.59 Å². The molecule has 3 rings (SSSR count). The maximum Gasteiger partial charge on any atom is 0.227 e. The van der Waals surface area contributed by atoms with E-state index < -0.39 is 0 Å². The van der Waals surface area contributed by atoms with Gasteiger partial charge in [0.15, 0.2) is 5.78 Å². The van der Waals surface area contributed by atoms with Gasteiger partial charge in [-0.3, -0.25) is 14.5 Å². The zero-order valence-electron chi connectivity index (χ0n) is 17.0. The third kappa shape index (κ3) is 4.52. The third-order valence-corrected chi connectivity index (χ3v) is 6.26. The Balaban J connectivity index is 1.53. The highest BCUT2D eigenvalue weighted by Crippen LogP contribution is 2.26. The predicted octanol–water partition coefficient (Wildman–Crippen LogP) is 3.05. The SMILES string of the molecule is CCC(CC)N1CCN(C(=O)[C@H]2CCN(c3ccc(C(C)=O)cc3)C2)CC1. The number of Topliss-reactive ketones (excluding diaryl/α,β-unsaturated/α-hetero) is 1. The van der Waals surface area contributed by atoms with Gasteiger partial charge in [-0.15, -0.1) is 0 Å². The standard InChI is InChI=1S/C22H33N3O2/c1-4-20(5-2)23-12-14-24(15-13-23)22(27)19-10-11-25(16-19)21-8-6-18(7-9-21)17(3)26/h6-9,19-20H,4-5,10-16H2,1-3H3/t19-/m0/s1. The van der Waals surface area contributed by atoms with Crippen molar-refractivity contribution in [2.24, 2.45) is 5.92 Å². The molecule has 1 aromatic rings. The third-order valence-electron chi connectivity index (χ3n) is 6.26. The predicted molar refractivity (Wildman–Crippen MR) is 109 cm³/mol. The molecule has 0 aliphatic carbocycles. The van der Waals surface area contributed by atoms with E-state index in [4.69, 9.17) is 0 Å². The molecule has 27 heavy (non-hydrogen) atoms. The first-order valence-corrected chi connectivity index (χ1v) is 10.4. The summed E-state index contributed by atoms with van der Waals surface area (Å²) in [7, 11) is 0. The molecule has 2 aliphatic heterocycles. The van der Waals surface area contributed by atoms with Crippen LogP contribution in [-0.2, 0) is 4.79 Å². The summed E-state index contributed by atoms with van der Waals surface area (Å²) in [5.41, 5.74) is 1.84. The highest BCUT2D eigenvalue weighted by molar-refractivity contribution is 5.94. The molecule has 2 fully saturated rings. The zero-order chi connectivity index (χ0) is 19.4. The smallest absolute Gasteiger partial charge is 0.227 e. The Labute approximate surface area is 163 Å². The molecule has 2 heterocycles. The maximum atomic E-state index is 13.0. The van der Waals surface area contributed by atoms with E-state index in [1.807, 2.05) is 24.3 Å². The van der Waals surface area contributed by atoms with Crippen LogP contribution in [0.1, 0.15) is 50.4 Å². The molecule has 1 amide bonds. The van der Waals surface area contributed by atoms with Gasteiger partial charge in [-0.25, -0.2) is 0 Å². The van der Waals surface area contributed by atoms with Crippen LogP contribution < -0.4 is 4.90 Å². The van der Waals surface area contributed by atoms with Gasteiger partial charge in [0, 0.05) is 56.6 Å². The first-order valence-electron chi connectivity index (χ1n) is 10.4. The number of amides is 1. The topological polar surface area (TPSA) is 43.9 Å². The Morgan fingerprint density at radius 2 is 1.63 bits per heavy atom. The van der Waals surface area contributed by atoms with E-state index in [-0.39, 0.29) is 11.7 Å². The first kappa shape index (κ1) is 19.9. The van der Waals surface area contributed by atoms with E-state index in [9.17, 15) is 9.59 Å². The van der Waals surface area contributed by atoms with E-state index in [1.54, 1.807) is 6.92 Å². The van der Waals surface area contributed by atoms with Crippen molar-refractivity contribution >= 4 is 17.4 Å². The number of piperazine rings is 1. The lowest BCUT2D eigenvalue weighted by atomic mass is 10.1. The van der Waals surface area contributed by atoms with Crippen molar-refractivity contribution in [2.45, 2.75) is 46.1 Å². The van der Waals surface area contributed by atoms with Gasteiger partial charge in [-0.1, -0.05) is 13.8 Å². The van der Waals surface area contributed by atoms with Crippen LogP contribution in [0.25, 0.3) is 0 Å². The number of rotatable bonds is 6. The molecular weight excluding hydrogens is 338 g/mol. The summed E-state index contributed by atoms with van der Waals surface area (Å²) in [6, 6.07) is 8.41. The summed E-state index contributed by atoms with van der Waals surface area (Å²) in [6.45, 7) is 11.5.